The normalized spacial score (nSPS) is 11.4. The molecular weight excluding hydrogens is 404 g/mol. The fraction of sp³-hybridized carbons (Fsp3) is 0.167. The van der Waals surface area contributed by atoms with E-state index in [0.29, 0.717) is 33.5 Å². The van der Waals surface area contributed by atoms with Crippen LogP contribution in [-0.4, -0.2) is 32.2 Å². The summed E-state index contributed by atoms with van der Waals surface area (Å²) in [6.45, 7) is 0. The van der Waals surface area contributed by atoms with Crippen molar-refractivity contribution in [3.63, 3.8) is 0 Å². The lowest BCUT2D eigenvalue weighted by molar-refractivity contribution is -0.120. The Morgan fingerprint density at radius 1 is 1.19 bits per heavy atom. The molecule has 3 N–H and O–H groups in total. The van der Waals surface area contributed by atoms with E-state index in [4.69, 9.17) is 0 Å². The minimum atomic E-state index is -3.72. The molecule has 1 amide bonds. The van der Waals surface area contributed by atoms with E-state index in [1.165, 1.54) is 17.8 Å². The molecule has 3 rings (SSSR count). The van der Waals surface area contributed by atoms with Gasteiger partial charge in [-0.3, -0.25) is 9.52 Å². The van der Waals surface area contributed by atoms with Gasteiger partial charge in [-0.1, -0.05) is 30.3 Å². The third kappa shape index (κ3) is 4.37. The summed E-state index contributed by atoms with van der Waals surface area (Å²) in [5.74, 6) is 0.441. The highest BCUT2D eigenvalue weighted by molar-refractivity contribution is 7.99. The van der Waals surface area contributed by atoms with Crippen molar-refractivity contribution in [2.75, 3.05) is 17.5 Å². The van der Waals surface area contributed by atoms with Crippen LogP contribution in [0.4, 0.5) is 5.69 Å². The van der Waals surface area contributed by atoms with Gasteiger partial charge >= 0.3 is 0 Å². The number of benzene rings is 2. The number of thiophene rings is 1. The summed E-state index contributed by atoms with van der Waals surface area (Å²) in [6, 6.07) is 11.9. The molecule has 0 saturated carbocycles. The van der Waals surface area contributed by atoms with Crippen LogP contribution in [0, 0.1) is 0 Å². The van der Waals surface area contributed by atoms with E-state index < -0.39 is 10.0 Å². The first kappa shape index (κ1) is 19.5. The zero-order valence-electron chi connectivity index (χ0n) is 14.4. The van der Waals surface area contributed by atoms with E-state index >= 15 is 0 Å². The molecule has 27 heavy (non-hydrogen) atoms. The van der Waals surface area contributed by atoms with Gasteiger partial charge in [0, 0.05) is 30.0 Å². The Hall–Kier alpha value is -2.23. The SMILES string of the molecule is CNC(=O)CCSc1cc(NS(=O)(=O)c2cccs2)c2ccccc2c1O. The lowest BCUT2D eigenvalue weighted by atomic mass is 10.1. The summed E-state index contributed by atoms with van der Waals surface area (Å²) in [4.78, 5) is 11.9. The summed E-state index contributed by atoms with van der Waals surface area (Å²) in [5.41, 5.74) is 0.388. The number of aromatic hydroxyl groups is 1. The number of fused-ring (bicyclic) bond motifs is 1. The maximum absolute atomic E-state index is 12.6. The number of rotatable bonds is 7. The topological polar surface area (TPSA) is 95.5 Å². The third-order valence-corrected chi connectivity index (χ3v) is 7.64. The van der Waals surface area contributed by atoms with Crippen LogP contribution >= 0.6 is 23.1 Å². The second-order valence-corrected chi connectivity index (χ2v) is 9.62. The zero-order valence-corrected chi connectivity index (χ0v) is 16.9. The molecule has 3 aromatic rings. The van der Waals surface area contributed by atoms with Crippen molar-refractivity contribution in [1.29, 1.82) is 0 Å². The van der Waals surface area contributed by atoms with Gasteiger partial charge in [-0.05, 0) is 17.5 Å². The van der Waals surface area contributed by atoms with Gasteiger partial charge in [-0.2, -0.15) is 0 Å². The molecule has 0 radical (unpaired) electrons. The molecule has 9 heteroatoms. The van der Waals surface area contributed by atoms with Crippen LogP contribution < -0.4 is 10.0 Å². The van der Waals surface area contributed by atoms with Gasteiger partial charge in [-0.25, -0.2) is 8.42 Å². The fourth-order valence-corrected chi connectivity index (χ4v) is 5.54. The van der Waals surface area contributed by atoms with Crippen molar-refractivity contribution < 1.29 is 18.3 Å². The number of carbonyl (C=O) groups excluding carboxylic acids is 1. The zero-order chi connectivity index (χ0) is 19.4. The van der Waals surface area contributed by atoms with Crippen LogP contribution in [-0.2, 0) is 14.8 Å². The molecule has 0 bridgehead atoms. The summed E-state index contributed by atoms with van der Waals surface area (Å²) in [5, 5.41) is 16.0. The lowest BCUT2D eigenvalue weighted by Gasteiger charge is -2.14. The van der Waals surface area contributed by atoms with E-state index in [1.54, 1.807) is 48.8 Å². The van der Waals surface area contributed by atoms with Crippen LogP contribution in [0.5, 0.6) is 5.75 Å². The van der Waals surface area contributed by atoms with Crippen molar-refractivity contribution in [2.24, 2.45) is 0 Å². The lowest BCUT2D eigenvalue weighted by Crippen LogP contribution is -2.17. The standard InChI is InChI=1S/C18H18N2O4S3/c1-19-16(21)8-10-25-15-11-14(12-5-2-3-6-13(12)18(15)22)20-27(23,24)17-7-4-9-26-17/h2-7,9,11,20,22H,8,10H2,1H3,(H,19,21). The van der Waals surface area contributed by atoms with Crippen LogP contribution in [0.3, 0.4) is 0 Å². The largest absolute Gasteiger partial charge is 0.506 e. The van der Waals surface area contributed by atoms with E-state index in [-0.39, 0.29) is 15.9 Å². The maximum atomic E-state index is 12.6. The Balaban J connectivity index is 1.98. The molecule has 1 heterocycles. The monoisotopic (exact) mass is 422 g/mol. The predicted molar refractivity (Wildman–Crippen MR) is 110 cm³/mol. The van der Waals surface area contributed by atoms with Crippen molar-refractivity contribution in [3.8, 4) is 5.75 Å². The first-order valence-electron chi connectivity index (χ1n) is 8.07. The average molecular weight is 423 g/mol. The minimum Gasteiger partial charge on any atom is -0.506 e. The molecule has 142 valence electrons. The number of hydrogen-bond acceptors (Lipinski definition) is 6. The smallest absolute Gasteiger partial charge is 0.271 e. The first-order chi connectivity index (χ1) is 12.9. The molecule has 6 nitrogen and oxygen atoms in total. The van der Waals surface area contributed by atoms with E-state index in [9.17, 15) is 18.3 Å². The molecule has 1 aromatic heterocycles. The van der Waals surface area contributed by atoms with Gasteiger partial charge in [0.05, 0.1) is 10.6 Å². The molecule has 0 fully saturated rings. The van der Waals surface area contributed by atoms with Gasteiger partial charge in [-0.15, -0.1) is 23.1 Å². The van der Waals surface area contributed by atoms with Crippen LogP contribution in [0.1, 0.15) is 6.42 Å². The first-order valence-corrected chi connectivity index (χ1v) is 11.4. The van der Waals surface area contributed by atoms with Crippen molar-refractivity contribution in [2.45, 2.75) is 15.5 Å². The number of thioether (sulfide) groups is 1. The predicted octanol–water partition coefficient (Wildman–Crippen LogP) is 3.64. The number of carbonyl (C=O) groups is 1. The number of phenols is 1. The summed E-state index contributed by atoms with van der Waals surface area (Å²) in [6.07, 6.45) is 0.295. The van der Waals surface area contributed by atoms with Crippen LogP contribution in [0.25, 0.3) is 10.8 Å². The second-order valence-electron chi connectivity index (χ2n) is 5.63. The Labute approximate surface area is 165 Å². The van der Waals surface area contributed by atoms with E-state index in [1.807, 2.05) is 0 Å². The van der Waals surface area contributed by atoms with Gasteiger partial charge in [0.1, 0.15) is 9.96 Å². The van der Waals surface area contributed by atoms with Crippen molar-refractivity contribution >= 4 is 55.5 Å². The Kier molecular flexibility index (Phi) is 5.93. The van der Waals surface area contributed by atoms with Crippen LogP contribution in [0.15, 0.2) is 56.9 Å². The molecule has 0 spiro atoms. The molecular formula is C18H18N2O4S3. The highest BCUT2D eigenvalue weighted by atomic mass is 32.2. The molecule has 0 aliphatic rings. The quantitative estimate of drug-likeness (QED) is 0.399. The molecule has 0 atom stereocenters. The summed E-state index contributed by atoms with van der Waals surface area (Å²) < 4.78 is 28.1. The van der Waals surface area contributed by atoms with E-state index in [0.717, 1.165) is 11.3 Å². The van der Waals surface area contributed by atoms with Crippen molar-refractivity contribution in [3.05, 3.63) is 47.8 Å². The van der Waals surface area contributed by atoms with Gasteiger partial charge < -0.3 is 10.4 Å². The number of phenolic OH excluding ortho intramolecular Hbond substituents is 1. The number of hydrogen-bond donors (Lipinski definition) is 3. The highest BCUT2D eigenvalue weighted by Gasteiger charge is 2.19. The van der Waals surface area contributed by atoms with E-state index in [2.05, 4.69) is 10.0 Å². The van der Waals surface area contributed by atoms with Gasteiger partial charge in [0.25, 0.3) is 10.0 Å². The molecule has 0 unspecified atom stereocenters. The minimum absolute atomic E-state index is 0.0755. The number of nitrogens with one attached hydrogen (secondary N) is 2. The molecule has 0 saturated heterocycles. The maximum Gasteiger partial charge on any atom is 0.271 e. The Morgan fingerprint density at radius 3 is 2.59 bits per heavy atom. The Bertz CT molecular complexity index is 1060. The Morgan fingerprint density at radius 2 is 1.93 bits per heavy atom. The number of sulfonamides is 1. The highest BCUT2D eigenvalue weighted by Crippen LogP contribution is 2.40. The third-order valence-electron chi connectivity index (χ3n) is 3.85. The number of anilines is 1. The van der Waals surface area contributed by atoms with Gasteiger partial charge in [0.15, 0.2) is 0 Å². The van der Waals surface area contributed by atoms with Crippen molar-refractivity contribution in [1.82, 2.24) is 5.32 Å². The average Bonchev–Trinajstić information content (AvgIpc) is 3.20. The number of amides is 1. The second kappa shape index (κ2) is 8.20. The summed E-state index contributed by atoms with van der Waals surface area (Å²) >= 11 is 2.43. The van der Waals surface area contributed by atoms with Crippen LogP contribution in [0.2, 0.25) is 0 Å². The molecule has 0 aliphatic heterocycles. The summed E-state index contributed by atoms with van der Waals surface area (Å²) in [7, 11) is -2.15. The molecule has 0 aliphatic carbocycles. The molecule has 2 aromatic carbocycles. The fourth-order valence-electron chi connectivity index (χ4n) is 2.52. The van der Waals surface area contributed by atoms with Gasteiger partial charge in [0.2, 0.25) is 5.91 Å².